The largest absolute Gasteiger partial charge is 0.346 e. The van der Waals surface area contributed by atoms with E-state index in [1.807, 2.05) is 43.3 Å². The van der Waals surface area contributed by atoms with Crippen molar-refractivity contribution in [3.8, 4) is 0 Å². The lowest BCUT2D eigenvalue weighted by atomic mass is 9.77. The van der Waals surface area contributed by atoms with Crippen molar-refractivity contribution in [3.05, 3.63) is 77.2 Å². The van der Waals surface area contributed by atoms with E-state index in [2.05, 4.69) is 10.3 Å². The SMILES string of the molecule is Cc1c(C(=O)NC2(Cc3ccc(F)cc3)CCCCC2)cnc2ccccc12. The van der Waals surface area contributed by atoms with Gasteiger partial charge in [-0.25, -0.2) is 4.39 Å². The molecule has 28 heavy (non-hydrogen) atoms. The average Bonchev–Trinajstić information content (AvgIpc) is 2.71. The molecule has 1 aliphatic carbocycles. The van der Waals surface area contributed by atoms with Crippen LogP contribution >= 0.6 is 0 Å². The predicted octanol–water partition coefficient (Wildman–Crippen LogP) is 5.36. The third-order valence-corrected chi connectivity index (χ3v) is 5.93. The molecule has 1 amide bonds. The molecular weight excluding hydrogens is 351 g/mol. The number of hydrogen-bond donors (Lipinski definition) is 1. The molecule has 1 fully saturated rings. The number of halogens is 1. The second kappa shape index (κ2) is 7.70. The minimum atomic E-state index is -0.286. The summed E-state index contributed by atoms with van der Waals surface area (Å²) in [6.45, 7) is 1.98. The van der Waals surface area contributed by atoms with Crippen LogP contribution in [0.2, 0.25) is 0 Å². The molecule has 0 aliphatic heterocycles. The van der Waals surface area contributed by atoms with Crippen LogP contribution in [0, 0.1) is 12.7 Å². The first-order valence-corrected chi connectivity index (χ1v) is 9.98. The van der Waals surface area contributed by atoms with Crippen LogP contribution in [0.15, 0.2) is 54.7 Å². The zero-order chi connectivity index (χ0) is 19.6. The van der Waals surface area contributed by atoms with Gasteiger partial charge in [-0.1, -0.05) is 49.6 Å². The molecule has 1 saturated carbocycles. The Morgan fingerprint density at radius 3 is 2.54 bits per heavy atom. The number of hydrogen-bond acceptors (Lipinski definition) is 2. The molecule has 1 aromatic heterocycles. The van der Waals surface area contributed by atoms with Gasteiger partial charge in [0.1, 0.15) is 5.82 Å². The predicted molar refractivity (Wildman–Crippen MR) is 110 cm³/mol. The van der Waals surface area contributed by atoms with Crippen LogP contribution in [0.25, 0.3) is 10.9 Å². The van der Waals surface area contributed by atoms with Crippen molar-refractivity contribution in [3.63, 3.8) is 0 Å². The third-order valence-electron chi connectivity index (χ3n) is 5.93. The quantitative estimate of drug-likeness (QED) is 0.666. The number of benzene rings is 2. The molecule has 0 radical (unpaired) electrons. The number of carbonyl (C=O) groups excluding carboxylic acids is 1. The van der Waals surface area contributed by atoms with Crippen LogP contribution in [0.3, 0.4) is 0 Å². The molecular formula is C24H25FN2O. The molecule has 1 heterocycles. The maximum atomic E-state index is 13.3. The van der Waals surface area contributed by atoms with Gasteiger partial charge in [0.25, 0.3) is 5.91 Å². The van der Waals surface area contributed by atoms with Crippen molar-refractivity contribution >= 4 is 16.8 Å². The maximum Gasteiger partial charge on any atom is 0.253 e. The van der Waals surface area contributed by atoms with Gasteiger partial charge >= 0.3 is 0 Å². The monoisotopic (exact) mass is 376 g/mol. The van der Waals surface area contributed by atoms with E-state index in [0.29, 0.717) is 5.56 Å². The van der Waals surface area contributed by atoms with Gasteiger partial charge in [-0.3, -0.25) is 9.78 Å². The van der Waals surface area contributed by atoms with E-state index in [9.17, 15) is 9.18 Å². The second-order valence-corrected chi connectivity index (χ2v) is 7.91. The van der Waals surface area contributed by atoms with Gasteiger partial charge in [-0.05, 0) is 55.5 Å². The highest BCUT2D eigenvalue weighted by Gasteiger charge is 2.34. The number of aryl methyl sites for hydroxylation is 1. The molecule has 3 aromatic rings. The van der Waals surface area contributed by atoms with Crippen molar-refractivity contribution in [1.29, 1.82) is 0 Å². The molecule has 0 unspecified atom stereocenters. The van der Waals surface area contributed by atoms with Crippen LogP contribution in [0.4, 0.5) is 4.39 Å². The molecule has 4 rings (SSSR count). The van der Waals surface area contributed by atoms with Crippen LogP contribution in [0.5, 0.6) is 0 Å². The molecule has 2 aromatic carbocycles. The molecule has 1 aliphatic rings. The zero-order valence-electron chi connectivity index (χ0n) is 16.2. The summed E-state index contributed by atoms with van der Waals surface area (Å²) in [5.41, 5.74) is 3.25. The fourth-order valence-electron chi connectivity index (χ4n) is 4.38. The van der Waals surface area contributed by atoms with E-state index in [-0.39, 0.29) is 17.3 Å². The van der Waals surface area contributed by atoms with E-state index in [0.717, 1.165) is 54.1 Å². The number of nitrogens with zero attached hydrogens (tertiary/aromatic N) is 1. The topological polar surface area (TPSA) is 42.0 Å². The van der Waals surface area contributed by atoms with E-state index in [1.54, 1.807) is 6.20 Å². The van der Waals surface area contributed by atoms with Crippen molar-refractivity contribution in [2.75, 3.05) is 0 Å². The Hall–Kier alpha value is -2.75. The number of nitrogens with one attached hydrogen (secondary N) is 1. The highest BCUT2D eigenvalue weighted by molar-refractivity contribution is 6.00. The number of para-hydroxylation sites is 1. The summed E-state index contributed by atoms with van der Waals surface area (Å²) in [5, 5.41) is 4.35. The molecule has 144 valence electrons. The van der Waals surface area contributed by atoms with Gasteiger partial charge in [-0.2, -0.15) is 0 Å². The molecule has 3 nitrogen and oxygen atoms in total. The normalized spacial score (nSPS) is 16.1. The van der Waals surface area contributed by atoms with E-state index in [4.69, 9.17) is 0 Å². The maximum absolute atomic E-state index is 13.3. The van der Waals surface area contributed by atoms with Gasteiger partial charge in [0.15, 0.2) is 0 Å². The lowest BCUT2D eigenvalue weighted by molar-refractivity contribution is 0.0867. The average molecular weight is 376 g/mol. The highest BCUT2D eigenvalue weighted by atomic mass is 19.1. The molecule has 0 atom stereocenters. The summed E-state index contributed by atoms with van der Waals surface area (Å²) >= 11 is 0. The smallest absolute Gasteiger partial charge is 0.253 e. The van der Waals surface area contributed by atoms with Crippen molar-refractivity contribution in [2.24, 2.45) is 0 Å². The van der Waals surface area contributed by atoms with Crippen LogP contribution in [-0.4, -0.2) is 16.4 Å². The number of carbonyl (C=O) groups is 1. The summed E-state index contributed by atoms with van der Waals surface area (Å²) < 4.78 is 13.3. The number of fused-ring (bicyclic) bond motifs is 1. The Balaban J connectivity index is 1.62. The number of aromatic nitrogens is 1. The van der Waals surface area contributed by atoms with E-state index in [1.165, 1.54) is 18.6 Å². The fourth-order valence-corrected chi connectivity index (χ4v) is 4.38. The van der Waals surface area contributed by atoms with Crippen molar-refractivity contribution in [1.82, 2.24) is 10.3 Å². The third kappa shape index (κ3) is 3.77. The molecule has 0 spiro atoms. The van der Waals surface area contributed by atoms with Crippen molar-refractivity contribution in [2.45, 2.75) is 51.0 Å². The Bertz CT molecular complexity index is 991. The Morgan fingerprint density at radius 1 is 1.07 bits per heavy atom. The minimum Gasteiger partial charge on any atom is -0.346 e. The van der Waals surface area contributed by atoms with Gasteiger partial charge in [0.05, 0.1) is 11.1 Å². The standard InChI is InChI=1S/C24H25FN2O/c1-17-20-7-3-4-8-22(20)26-16-21(17)23(28)27-24(13-5-2-6-14-24)15-18-9-11-19(25)12-10-18/h3-4,7-12,16H,2,5-6,13-15H2,1H3,(H,27,28). The summed E-state index contributed by atoms with van der Waals surface area (Å²) in [7, 11) is 0. The first kappa shape index (κ1) is 18.6. The van der Waals surface area contributed by atoms with E-state index >= 15 is 0 Å². The van der Waals surface area contributed by atoms with Gasteiger partial charge in [-0.15, -0.1) is 0 Å². The molecule has 4 heteroatoms. The summed E-state index contributed by atoms with van der Waals surface area (Å²) in [6, 6.07) is 14.5. The summed E-state index contributed by atoms with van der Waals surface area (Å²) in [5.74, 6) is -0.303. The molecule has 0 bridgehead atoms. The van der Waals surface area contributed by atoms with Crippen molar-refractivity contribution < 1.29 is 9.18 Å². The second-order valence-electron chi connectivity index (χ2n) is 7.91. The van der Waals surface area contributed by atoms with Gasteiger partial charge < -0.3 is 5.32 Å². The first-order chi connectivity index (χ1) is 13.6. The van der Waals surface area contributed by atoms with E-state index < -0.39 is 0 Å². The van der Waals surface area contributed by atoms with Crippen LogP contribution in [-0.2, 0) is 6.42 Å². The van der Waals surface area contributed by atoms with Gasteiger partial charge in [0.2, 0.25) is 0 Å². The number of amides is 1. The van der Waals surface area contributed by atoms with Crippen LogP contribution < -0.4 is 5.32 Å². The summed E-state index contributed by atoms with van der Waals surface area (Å²) in [6.07, 6.45) is 7.66. The molecule has 0 saturated heterocycles. The molecule has 1 N–H and O–H groups in total. The number of rotatable bonds is 4. The van der Waals surface area contributed by atoms with Crippen LogP contribution in [0.1, 0.15) is 53.6 Å². The summed E-state index contributed by atoms with van der Waals surface area (Å²) in [4.78, 5) is 17.7. The minimum absolute atomic E-state index is 0.0697. The highest BCUT2D eigenvalue weighted by Crippen LogP contribution is 2.32. The number of pyridine rings is 1. The fraction of sp³-hybridized carbons (Fsp3) is 0.333. The van der Waals surface area contributed by atoms with Gasteiger partial charge in [0, 0.05) is 17.1 Å². The lowest BCUT2D eigenvalue weighted by Gasteiger charge is -2.38. The Morgan fingerprint density at radius 2 is 1.79 bits per heavy atom. The zero-order valence-corrected chi connectivity index (χ0v) is 16.2. The Labute approximate surface area is 165 Å². The Kier molecular flexibility index (Phi) is 5.12. The first-order valence-electron chi connectivity index (χ1n) is 9.98. The lowest BCUT2D eigenvalue weighted by Crippen LogP contribution is -2.51.